The highest BCUT2D eigenvalue weighted by Crippen LogP contribution is 2.46. The molecule has 2 aromatic carbocycles. The van der Waals surface area contributed by atoms with Gasteiger partial charge in [0.05, 0.1) is 17.4 Å². The molecule has 8 nitrogen and oxygen atoms in total. The van der Waals surface area contributed by atoms with Crippen molar-refractivity contribution in [3.8, 4) is 0 Å². The zero-order valence-electron chi connectivity index (χ0n) is 24.6. The van der Waals surface area contributed by atoms with Crippen molar-refractivity contribution < 1.29 is 23.1 Å². The van der Waals surface area contributed by atoms with Gasteiger partial charge in [0, 0.05) is 35.9 Å². The molecule has 44 heavy (non-hydrogen) atoms. The Morgan fingerprint density at radius 2 is 1.80 bits per heavy atom. The first-order valence-electron chi connectivity index (χ1n) is 15.2. The van der Waals surface area contributed by atoms with Gasteiger partial charge in [-0.15, -0.1) is 0 Å². The smallest absolute Gasteiger partial charge is 0.393 e. The number of amides is 1. The minimum absolute atomic E-state index is 0.0134. The van der Waals surface area contributed by atoms with Crippen molar-refractivity contribution in [2.45, 2.75) is 75.6 Å². The number of anilines is 4. The minimum atomic E-state index is -4.61. The van der Waals surface area contributed by atoms with Gasteiger partial charge in [-0.2, -0.15) is 13.2 Å². The van der Waals surface area contributed by atoms with E-state index in [1.54, 1.807) is 11.0 Å². The molecular formula is C33H37F3N6O2. The molecule has 1 saturated heterocycles. The highest BCUT2D eigenvalue weighted by Gasteiger charge is 2.41. The molecule has 0 unspecified atom stereocenters. The summed E-state index contributed by atoms with van der Waals surface area (Å²) in [6.07, 6.45) is 4.08. The molecule has 0 radical (unpaired) electrons. The van der Waals surface area contributed by atoms with Crippen LogP contribution in [-0.2, 0) is 18.0 Å². The molecule has 1 amide bonds. The summed E-state index contributed by atoms with van der Waals surface area (Å²) in [6.45, 7) is 2.84. The summed E-state index contributed by atoms with van der Waals surface area (Å²) >= 11 is 0. The molecule has 5 N–H and O–H groups in total. The van der Waals surface area contributed by atoms with E-state index >= 15 is 0 Å². The van der Waals surface area contributed by atoms with Crippen molar-refractivity contribution >= 4 is 35.0 Å². The molecule has 2 aliphatic carbocycles. The van der Waals surface area contributed by atoms with E-state index in [0.29, 0.717) is 43.9 Å². The number of nitrogens with one attached hydrogen (secondary N) is 2. The second-order valence-corrected chi connectivity index (χ2v) is 12.0. The molecule has 3 aromatic rings. The van der Waals surface area contributed by atoms with Crippen LogP contribution in [0.15, 0.2) is 48.5 Å². The quantitative estimate of drug-likeness (QED) is 0.254. The monoisotopic (exact) mass is 606 g/mol. The maximum atomic E-state index is 14.5. The number of hydrogen-bond donors (Lipinski definition) is 4. The molecule has 1 aliphatic heterocycles. The van der Waals surface area contributed by atoms with Crippen molar-refractivity contribution in [2.75, 3.05) is 28.6 Å². The molecule has 0 bridgehead atoms. The topological polar surface area (TPSA) is 116 Å². The van der Waals surface area contributed by atoms with Gasteiger partial charge in [-0.3, -0.25) is 4.79 Å². The zero-order chi connectivity index (χ0) is 31.1. The number of carbonyl (C=O) groups is 1. The van der Waals surface area contributed by atoms with Crippen LogP contribution in [0.4, 0.5) is 36.2 Å². The number of aryl methyl sites for hydroxylation is 1. The van der Waals surface area contributed by atoms with Gasteiger partial charge in [0.2, 0.25) is 0 Å². The summed E-state index contributed by atoms with van der Waals surface area (Å²) in [7, 11) is 0. The van der Waals surface area contributed by atoms with E-state index in [1.165, 1.54) is 17.2 Å². The lowest BCUT2D eigenvalue weighted by atomic mass is 9.74. The lowest BCUT2D eigenvalue weighted by Gasteiger charge is -2.41. The van der Waals surface area contributed by atoms with Crippen LogP contribution in [0.3, 0.4) is 0 Å². The van der Waals surface area contributed by atoms with Crippen molar-refractivity contribution in [3.05, 3.63) is 76.6 Å². The number of allylic oxidation sites excluding steroid dienone is 1. The van der Waals surface area contributed by atoms with Gasteiger partial charge >= 0.3 is 6.18 Å². The second-order valence-electron chi connectivity index (χ2n) is 12.0. The first-order chi connectivity index (χ1) is 21.1. The average Bonchev–Trinajstić information content (AvgIpc) is 3.36. The first-order valence-corrected chi connectivity index (χ1v) is 15.2. The van der Waals surface area contributed by atoms with Crippen LogP contribution in [0.2, 0.25) is 0 Å². The fraction of sp³-hybridized carbons (Fsp3) is 0.424. The highest BCUT2D eigenvalue weighted by molar-refractivity contribution is 5.96. The van der Waals surface area contributed by atoms with E-state index in [0.717, 1.165) is 31.7 Å². The summed E-state index contributed by atoms with van der Waals surface area (Å²) in [5, 5.41) is 16.1. The van der Waals surface area contributed by atoms with Gasteiger partial charge in [-0.25, -0.2) is 9.97 Å². The lowest BCUT2D eigenvalue weighted by molar-refractivity contribution is -0.137. The third-order valence-electron chi connectivity index (χ3n) is 9.21. The summed E-state index contributed by atoms with van der Waals surface area (Å²) in [6, 6.07) is 12.4. The third kappa shape index (κ3) is 5.85. The van der Waals surface area contributed by atoms with E-state index in [2.05, 4.69) is 44.9 Å². The minimum Gasteiger partial charge on any atom is -0.393 e. The van der Waals surface area contributed by atoms with Gasteiger partial charge in [0.1, 0.15) is 5.82 Å². The number of halogens is 3. The summed E-state index contributed by atoms with van der Waals surface area (Å²) in [5.74, 6) is -0.404. The van der Waals surface area contributed by atoms with Crippen molar-refractivity contribution in [1.82, 2.24) is 9.97 Å². The van der Waals surface area contributed by atoms with Gasteiger partial charge in [0.15, 0.2) is 11.5 Å². The number of aliphatic hydroxyl groups is 1. The molecular weight excluding hydrogens is 569 g/mol. The van der Waals surface area contributed by atoms with E-state index in [1.807, 2.05) is 19.1 Å². The zero-order valence-corrected chi connectivity index (χ0v) is 24.6. The van der Waals surface area contributed by atoms with Crippen LogP contribution < -0.4 is 21.3 Å². The average molecular weight is 607 g/mol. The number of carbonyl (C=O) groups excluding carboxylic acids is 1. The number of rotatable bonds is 7. The largest absolute Gasteiger partial charge is 0.418 e. The molecule has 6 rings (SSSR count). The van der Waals surface area contributed by atoms with Crippen LogP contribution in [0.1, 0.15) is 78.3 Å². The second kappa shape index (κ2) is 11.8. The Balaban J connectivity index is 1.26. The van der Waals surface area contributed by atoms with E-state index in [9.17, 15) is 23.1 Å². The number of hydrogen-bond acceptors (Lipinski definition) is 7. The number of fused-ring (bicyclic) bond motifs is 2. The number of alkyl halides is 3. The number of primary amides is 1. The fourth-order valence-corrected chi connectivity index (χ4v) is 6.78. The van der Waals surface area contributed by atoms with Gasteiger partial charge < -0.3 is 26.4 Å². The van der Waals surface area contributed by atoms with E-state index in [4.69, 9.17) is 5.73 Å². The Labute approximate surface area is 254 Å². The first kappa shape index (κ1) is 29.9. The summed E-state index contributed by atoms with van der Waals surface area (Å²) in [4.78, 5) is 23.2. The number of aliphatic hydroxyl groups excluding tert-OH is 1. The molecule has 0 atom stereocenters. The number of piperidine rings is 1. The van der Waals surface area contributed by atoms with Gasteiger partial charge in [-0.05, 0) is 74.3 Å². The number of nitrogens with two attached hydrogens (primary N) is 1. The van der Waals surface area contributed by atoms with Crippen LogP contribution in [-0.4, -0.2) is 46.2 Å². The SMILES string of the molecule is CCc1nc(C(N)=O)c(Nc2ccc(N3CCC4(C=Cc5ccccc54)CC3)c(C(F)(F)F)c2)nc1N[C@H]1CC[C@H](O)CC1. The Morgan fingerprint density at radius 1 is 1.07 bits per heavy atom. The normalized spacial score (nSPS) is 20.9. The molecule has 11 heteroatoms. The van der Waals surface area contributed by atoms with Crippen LogP contribution in [0.25, 0.3) is 6.08 Å². The fourth-order valence-electron chi connectivity index (χ4n) is 6.78. The summed E-state index contributed by atoms with van der Waals surface area (Å²) < 4.78 is 43.4. The Kier molecular flexibility index (Phi) is 8.00. The molecule has 1 aromatic heterocycles. The van der Waals surface area contributed by atoms with E-state index < -0.39 is 17.6 Å². The molecule has 1 spiro atoms. The van der Waals surface area contributed by atoms with Crippen molar-refractivity contribution in [3.63, 3.8) is 0 Å². The van der Waals surface area contributed by atoms with Crippen molar-refractivity contribution in [2.24, 2.45) is 5.73 Å². The molecule has 232 valence electrons. The predicted molar refractivity (Wildman–Crippen MR) is 165 cm³/mol. The predicted octanol–water partition coefficient (Wildman–Crippen LogP) is 6.18. The molecule has 3 aliphatic rings. The van der Waals surface area contributed by atoms with Gasteiger partial charge in [-0.1, -0.05) is 43.3 Å². The Morgan fingerprint density at radius 3 is 2.48 bits per heavy atom. The Hall–Kier alpha value is -4.12. The molecule has 1 saturated carbocycles. The van der Waals surface area contributed by atoms with E-state index in [-0.39, 0.29) is 40.4 Å². The maximum Gasteiger partial charge on any atom is 0.418 e. The third-order valence-corrected chi connectivity index (χ3v) is 9.21. The van der Waals surface area contributed by atoms with Crippen molar-refractivity contribution in [1.29, 1.82) is 0 Å². The highest BCUT2D eigenvalue weighted by atomic mass is 19.4. The Bertz CT molecular complexity index is 1570. The van der Waals surface area contributed by atoms with Crippen LogP contribution >= 0.6 is 0 Å². The maximum absolute atomic E-state index is 14.5. The number of aromatic nitrogens is 2. The molecule has 2 heterocycles. The van der Waals surface area contributed by atoms with Crippen LogP contribution in [0.5, 0.6) is 0 Å². The number of nitrogens with zero attached hydrogens (tertiary/aromatic N) is 3. The lowest BCUT2D eigenvalue weighted by Crippen LogP contribution is -2.41. The molecule has 2 fully saturated rings. The van der Waals surface area contributed by atoms with Crippen LogP contribution in [0, 0.1) is 0 Å². The number of benzene rings is 2. The van der Waals surface area contributed by atoms with Gasteiger partial charge in [0.25, 0.3) is 5.91 Å². The summed E-state index contributed by atoms with van der Waals surface area (Å²) in [5.41, 5.74) is 7.75. The standard InChI is InChI=1S/C33H37F3N6O2/c1-2-26-30(38-21-7-10-23(43)11-8-21)41-31(28(40-26)29(37)44)39-22-9-12-27(25(19-22)33(34,35)36)42-17-15-32(16-18-42)14-13-20-5-3-4-6-24(20)32/h3-6,9,12-14,19,21,23,43H,2,7-8,10-11,15-18H2,1H3,(H2,37,44)(H2,38,39,41)/t21-,23-.